The Morgan fingerprint density at radius 1 is 1.29 bits per heavy atom. The molecular formula is C12H25NO4. The molecule has 0 fully saturated rings. The van der Waals surface area contributed by atoms with Crippen molar-refractivity contribution >= 4 is 11.7 Å². The highest BCUT2D eigenvalue weighted by Crippen LogP contribution is 2.19. The van der Waals surface area contributed by atoms with Crippen molar-refractivity contribution in [2.45, 2.75) is 47.1 Å². The SMILES string of the molecule is CC.CC(=O)CCNC(=O)[C@H](O)C(C)(C)CO. The van der Waals surface area contributed by atoms with E-state index in [1.165, 1.54) is 6.92 Å². The van der Waals surface area contributed by atoms with E-state index in [1.807, 2.05) is 13.8 Å². The van der Waals surface area contributed by atoms with E-state index < -0.39 is 17.4 Å². The Bertz CT molecular complexity index is 239. The average Bonchev–Trinajstić information content (AvgIpc) is 2.30. The second kappa shape index (κ2) is 9.13. The Morgan fingerprint density at radius 3 is 2.12 bits per heavy atom. The maximum absolute atomic E-state index is 11.3. The van der Waals surface area contributed by atoms with Crippen molar-refractivity contribution in [3.8, 4) is 0 Å². The molecule has 0 aliphatic carbocycles. The topological polar surface area (TPSA) is 86.6 Å². The van der Waals surface area contributed by atoms with Gasteiger partial charge in [-0.15, -0.1) is 0 Å². The standard InChI is InChI=1S/C10H19NO4.C2H6/c1-7(13)4-5-11-9(15)8(14)10(2,3)6-12;1-2/h8,12,14H,4-6H2,1-3H3,(H,11,15);1-2H3/t8-;/m0./s1. The smallest absolute Gasteiger partial charge is 0.249 e. The molecule has 0 saturated carbocycles. The fourth-order valence-electron chi connectivity index (χ4n) is 0.900. The number of carbonyl (C=O) groups is 2. The van der Waals surface area contributed by atoms with Gasteiger partial charge in [0.2, 0.25) is 5.91 Å². The first kappa shape index (κ1) is 18.4. The van der Waals surface area contributed by atoms with Crippen molar-refractivity contribution in [3.63, 3.8) is 0 Å². The number of Topliss-reactive ketones (excluding diaryl/α,β-unsaturated/α-hetero) is 1. The molecule has 0 heterocycles. The van der Waals surface area contributed by atoms with Crippen LogP contribution in [-0.4, -0.2) is 41.2 Å². The van der Waals surface area contributed by atoms with E-state index in [-0.39, 0.29) is 25.4 Å². The van der Waals surface area contributed by atoms with Gasteiger partial charge in [-0.1, -0.05) is 27.7 Å². The van der Waals surface area contributed by atoms with Gasteiger partial charge in [0, 0.05) is 18.4 Å². The molecule has 0 radical (unpaired) electrons. The largest absolute Gasteiger partial charge is 0.396 e. The van der Waals surface area contributed by atoms with Gasteiger partial charge in [0.25, 0.3) is 0 Å². The van der Waals surface area contributed by atoms with Gasteiger partial charge in [-0.3, -0.25) is 9.59 Å². The predicted octanol–water partition coefficient (Wildman–Crippen LogP) is 0.487. The third-order valence-corrected chi connectivity index (χ3v) is 2.17. The lowest BCUT2D eigenvalue weighted by Gasteiger charge is -2.27. The number of aliphatic hydroxyl groups is 2. The molecule has 0 aliphatic heterocycles. The minimum Gasteiger partial charge on any atom is -0.396 e. The van der Waals surface area contributed by atoms with Gasteiger partial charge in [-0.25, -0.2) is 0 Å². The second-order valence-corrected chi connectivity index (χ2v) is 4.29. The van der Waals surface area contributed by atoms with Crippen LogP contribution in [0.2, 0.25) is 0 Å². The normalized spacial score (nSPS) is 12.2. The lowest BCUT2D eigenvalue weighted by Crippen LogP contribution is -2.45. The second-order valence-electron chi connectivity index (χ2n) is 4.29. The molecule has 5 nitrogen and oxygen atoms in total. The van der Waals surface area contributed by atoms with Gasteiger partial charge >= 0.3 is 0 Å². The molecule has 0 unspecified atom stereocenters. The van der Waals surface area contributed by atoms with Crippen LogP contribution in [0.5, 0.6) is 0 Å². The molecule has 0 aromatic carbocycles. The molecule has 17 heavy (non-hydrogen) atoms. The highest BCUT2D eigenvalue weighted by Gasteiger charge is 2.32. The maximum atomic E-state index is 11.3. The Kier molecular flexibility index (Phi) is 9.89. The molecule has 0 rings (SSSR count). The summed E-state index contributed by atoms with van der Waals surface area (Å²) >= 11 is 0. The molecule has 0 spiro atoms. The van der Waals surface area contributed by atoms with Crippen LogP contribution in [0.4, 0.5) is 0 Å². The monoisotopic (exact) mass is 247 g/mol. The van der Waals surface area contributed by atoms with E-state index in [0.29, 0.717) is 0 Å². The minimum atomic E-state index is -1.27. The summed E-state index contributed by atoms with van der Waals surface area (Å²) in [4.78, 5) is 21.9. The number of rotatable bonds is 6. The molecule has 0 aromatic rings. The Hall–Kier alpha value is -0.940. The number of aliphatic hydroxyl groups excluding tert-OH is 2. The van der Waals surface area contributed by atoms with Crippen LogP contribution >= 0.6 is 0 Å². The van der Waals surface area contributed by atoms with Crippen molar-refractivity contribution in [1.82, 2.24) is 5.32 Å². The number of hydrogen-bond donors (Lipinski definition) is 3. The van der Waals surface area contributed by atoms with E-state index in [1.54, 1.807) is 13.8 Å². The van der Waals surface area contributed by atoms with Crippen molar-refractivity contribution in [2.75, 3.05) is 13.2 Å². The van der Waals surface area contributed by atoms with Crippen LogP contribution in [0.1, 0.15) is 41.0 Å². The summed E-state index contributed by atoms with van der Waals surface area (Å²) in [5.74, 6) is -0.582. The first-order valence-electron chi connectivity index (χ1n) is 5.87. The molecule has 0 aromatic heterocycles. The number of nitrogens with one attached hydrogen (secondary N) is 1. The van der Waals surface area contributed by atoms with E-state index in [2.05, 4.69) is 5.32 Å². The molecule has 0 bridgehead atoms. The molecule has 3 N–H and O–H groups in total. The van der Waals surface area contributed by atoms with E-state index in [9.17, 15) is 14.7 Å². The summed E-state index contributed by atoms with van der Waals surface area (Å²) in [6.45, 7) is 8.53. The molecular weight excluding hydrogens is 222 g/mol. The first-order chi connectivity index (χ1) is 7.81. The number of hydrogen-bond acceptors (Lipinski definition) is 4. The van der Waals surface area contributed by atoms with Crippen LogP contribution < -0.4 is 5.32 Å². The first-order valence-corrected chi connectivity index (χ1v) is 5.87. The Morgan fingerprint density at radius 2 is 1.76 bits per heavy atom. The minimum absolute atomic E-state index is 0.0220. The van der Waals surface area contributed by atoms with Gasteiger partial charge in [0.1, 0.15) is 11.9 Å². The summed E-state index contributed by atoms with van der Waals surface area (Å²) < 4.78 is 0. The van der Waals surface area contributed by atoms with Crippen molar-refractivity contribution in [1.29, 1.82) is 0 Å². The maximum Gasteiger partial charge on any atom is 0.249 e. The van der Waals surface area contributed by atoms with Crippen molar-refractivity contribution in [3.05, 3.63) is 0 Å². The number of amides is 1. The zero-order valence-electron chi connectivity index (χ0n) is 11.4. The van der Waals surface area contributed by atoms with Crippen LogP contribution in [-0.2, 0) is 9.59 Å². The molecule has 1 atom stereocenters. The summed E-state index contributed by atoms with van der Waals surface area (Å²) in [6, 6.07) is 0. The lowest BCUT2D eigenvalue weighted by molar-refractivity contribution is -0.137. The van der Waals surface area contributed by atoms with Gasteiger partial charge in [-0.05, 0) is 6.92 Å². The van der Waals surface area contributed by atoms with Gasteiger partial charge in [-0.2, -0.15) is 0 Å². The summed E-state index contributed by atoms with van der Waals surface area (Å²) in [5.41, 5.74) is -0.875. The van der Waals surface area contributed by atoms with Gasteiger partial charge in [0.05, 0.1) is 6.61 Å². The van der Waals surface area contributed by atoms with E-state index in [0.717, 1.165) is 0 Å². The summed E-state index contributed by atoms with van der Waals surface area (Å²) in [5, 5.41) is 20.9. The number of ketones is 1. The zero-order valence-corrected chi connectivity index (χ0v) is 11.4. The van der Waals surface area contributed by atoms with Crippen molar-refractivity contribution in [2.24, 2.45) is 5.41 Å². The Labute approximate surface area is 103 Å². The zero-order chi connectivity index (χ0) is 14.1. The highest BCUT2D eigenvalue weighted by molar-refractivity contribution is 5.82. The molecule has 5 heteroatoms. The van der Waals surface area contributed by atoms with E-state index in [4.69, 9.17) is 5.11 Å². The van der Waals surface area contributed by atoms with Crippen LogP contribution in [0.3, 0.4) is 0 Å². The highest BCUT2D eigenvalue weighted by atomic mass is 16.3. The van der Waals surface area contributed by atoms with Gasteiger partial charge in [0.15, 0.2) is 0 Å². The fraction of sp³-hybridized carbons (Fsp3) is 0.833. The molecule has 0 saturated heterocycles. The third-order valence-electron chi connectivity index (χ3n) is 2.17. The third kappa shape index (κ3) is 7.88. The Balaban J connectivity index is 0. The fourth-order valence-corrected chi connectivity index (χ4v) is 0.900. The molecule has 102 valence electrons. The molecule has 0 aliphatic rings. The number of carbonyl (C=O) groups excluding carboxylic acids is 2. The summed E-state index contributed by atoms with van der Waals surface area (Å²) in [6.07, 6.45) is -1.02. The quantitative estimate of drug-likeness (QED) is 0.637. The predicted molar refractivity (Wildman–Crippen MR) is 66.5 cm³/mol. The van der Waals surface area contributed by atoms with Crippen LogP contribution in [0.15, 0.2) is 0 Å². The summed E-state index contributed by atoms with van der Waals surface area (Å²) in [7, 11) is 0. The van der Waals surface area contributed by atoms with E-state index >= 15 is 0 Å². The average molecular weight is 247 g/mol. The van der Waals surface area contributed by atoms with Crippen LogP contribution in [0.25, 0.3) is 0 Å². The van der Waals surface area contributed by atoms with Crippen molar-refractivity contribution < 1.29 is 19.8 Å². The lowest BCUT2D eigenvalue weighted by atomic mass is 9.87. The molecule has 1 amide bonds. The van der Waals surface area contributed by atoms with Gasteiger partial charge < -0.3 is 15.5 Å². The van der Waals surface area contributed by atoms with Crippen LogP contribution in [0, 0.1) is 5.41 Å².